The van der Waals surface area contributed by atoms with Crippen molar-refractivity contribution in [2.45, 2.75) is 25.3 Å². The first kappa shape index (κ1) is 17.6. The van der Waals surface area contributed by atoms with Crippen LogP contribution in [0.4, 0.5) is 5.13 Å². The van der Waals surface area contributed by atoms with Crippen LogP contribution in [0.3, 0.4) is 0 Å². The highest BCUT2D eigenvalue weighted by atomic mass is 32.1. The molecule has 25 heavy (non-hydrogen) atoms. The number of carbonyl (C=O) groups excluding carboxylic acids is 2. The van der Waals surface area contributed by atoms with Gasteiger partial charge in [0.1, 0.15) is 0 Å². The second-order valence-corrected chi connectivity index (χ2v) is 6.97. The Kier molecular flexibility index (Phi) is 5.78. The lowest BCUT2D eigenvalue weighted by Crippen LogP contribution is -2.47. The quantitative estimate of drug-likeness (QED) is 0.859. The van der Waals surface area contributed by atoms with E-state index >= 15 is 0 Å². The lowest BCUT2D eigenvalue weighted by Gasteiger charge is -2.32. The first-order valence-electron chi connectivity index (χ1n) is 8.41. The third-order valence-electron chi connectivity index (χ3n) is 4.32. The summed E-state index contributed by atoms with van der Waals surface area (Å²) in [5.41, 5.74) is 1.28. The molecular weight excluding hydrogens is 336 g/mol. The van der Waals surface area contributed by atoms with E-state index in [4.69, 9.17) is 0 Å². The number of hydrogen-bond donors (Lipinski definition) is 2. The number of thiazole rings is 1. The summed E-state index contributed by atoms with van der Waals surface area (Å²) in [7, 11) is 1.93. The monoisotopic (exact) mass is 358 g/mol. The van der Waals surface area contributed by atoms with E-state index in [2.05, 4.69) is 15.6 Å². The Morgan fingerprint density at radius 2 is 2.12 bits per heavy atom. The molecule has 1 fully saturated rings. The summed E-state index contributed by atoms with van der Waals surface area (Å²) in [4.78, 5) is 30.9. The van der Waals surface area contributed by atoms with Gasteiger partial charge in [0, 0.05) is 30.1 Å². The molecule has 7 heteroatoms. The molecule has 1 unspecified atom stereocenters. The molecule has 1 saturated heterocycles. The second-order valence-electron chi connectivity index (χ2n) is 6.11. The Morgan fingerprint density at radius 3 is 2.88 bits per heavy atom. The number of nitrogens with zero attached hydrogens (tertiary/aromatic N) is 2. The molecule has 0 saturated carbocycles. The zero-order chi connectivity index (χ0) is 17.6. The van der Waals surface area contributed by atoms with Gasteiger partial charge in [0.05, 0.1) is 12.1 Å². The molecule has 2 amide bonds. The molecule has 2 N–H and O–H groups in total. The van der Waals surface area contributed by atoms with E-state index < -0.39 is 0 Å². The van der Waals surface area contributed by atoms with E-state index in [0.717, 1.165) is 25.9 Å². The number of hydrogen-bond acceptors (Lipinski definition) is 5. The fraction of sp³-hybridized carbons (Fsp3) is 0.389. The van der Waals surface area contributed by atoms with Crippen molar-refractivity contribution < 1.29 is 9.59 Å². The number of nitrogens with one attached hydrogen (secondary N) is 2. The van der Waals surface area contributed by atoms with Crippen LogP contribution in [0.5, 0.6) is 0 Å². The smallest absolute Gasteiger partial charge is 0.257 e. The molecule has 1 aliphatic heterocycles. The van der Waals surface area contributed by atoms with Gasteiger partial charge in [-0.3, -0.25) is 14.9 Å². The highest BCUT2D eigenvalue weighted by Crippen LogP contribution is 2.18. The largest absolute Gasteiger partial charge is 0.341 e. The molecule has 1 aromatic heterocycles. The van der Waals surface area contributed by atoms with Crippen molar-refractivity contribution in [1.29, 1.82) is 0 Å². The van der Waals surface area contributed by atoms with E-state index in [9.17, 15) is 9.59 Å². The number of carbonyl (C=O) groups is 2. The zero-order valence-electron chi connectivity index (χ0n) is 14.2. The number of piperidine rings is 1. The fourth-order valence-electron chi connectivity index (χ4n) is 2.91. The molecular formula is C18H22N4O2S. The molecule has 0 radical (unpaired) electrons. The molecule has 132 valence electrons. The molecule has 3 rings (SSSR count). The number of likely N-dealkylation sites (N-methyl/N-ethyl adjacent to an activating group) is 1. The van der Waals surface area contributed by atoms with Crippen LogP contribution in [0, 0.1) is 0 Å². The van der Waals surface area contributed by atoms with Gasteiger partial charge in [-0.15, -0.1) is 11.3 Å². The summed E-state index contributed by atoms with van der Waals surface area (Å²) in [5.74, 6) is -0.105. The minimum atomic E-state index is -0.194. The van der Waals surface area contributed by atoms with Crippen LogP contribution in [0.1, 0.15) is 28.9 Å². The van der Waals surface area contributed by atoms with E-state index in [1.807, 2.05) is 35.5 Å². The molecule has 0 aliphatic carbocycles. The van der Waals surface area contributed by atoms with Gasteiger partial charge < -0.3 is 10.2 Å². The van der Waals surface area contributed by atoms with Gasteiger partial charge in [0.2, 0.25) is 5.91 Å². The van der Waals surface area contributed by atoms with Crippen LogP contribution in [-0.2, 0) is 11.2 Å². The van der Waals surface area contributed by atoms with Crippen LogP contribution in [-0.4, -0.2) is 47.9 Å². The van der Waals surface area contributed by atoms with E-state index in [-0.39, 0.29) is 18.2 Å². The topological polar surface area (TPSA) is 74.3 Å². The number of benzene rings is 1. The first-order valence-corrected chi connectivity index (χ1v) is 9.29. The molecule has 6 nitrogen and oxygen atoms in total. The normalized spacial score (nSPS) is 17.3. The lowest BCUT2D eigenvalue weighted by atomic mass is 10.1. The van der Waals surface area contributed by atoms with E-state index in [1.165, 1.54) is 11.3 Å². The van der Waals surface area contributed by atoms with Crippen LogP contribution < -0.4 is 10.6 Å². The maximum Gasteiger partial charge on any atom is 0.257 e. The van der Waals surface area contributed by atoms with Crippen LogP contribution in [0.15, 0.2) is 35.7 Å². The van der Waals surface area contributed by atoms with Gasteiger partial charge in [-0.1, -0.05) is 18.2 Å². The van der Waals surface area contributed by atoms with Crippen LogP contribution >= 0.6 is 11.3 Å². The van der Waals surface area contributed by atoms with Gasteiger partial charge in [0.25, 0.3) is 5.91 Å². The van der Waals surface area contributed by atoms with E-state index in [1.54, 1.807) is 12.1 Å². The average Bonchev–Trinajstić information content (AvgIpc) is 3.09. The summed E-state index contributed by atoms with van der Waals surface area (Å²) < 4.78 is 0. The minimum Gasteiger partial charge on any atom is -0.341 e. The van der Waals surface area contributed by atoms with Crippen molar-refractivity contribution in [3.05, 3.63) is 47.0 Å². The summed E-state index contributed by atoms with van der Waals surface area (Å²) in [5, 5.41) is 8.37. The molecule has 1 atom stereocenters. The Labute approximate surface area is 151 Å². The number of aromatic nitrogens is 1. The number of anilines is 1. The number of likely N-dealkylation sites (tertiary alicyclic amines) is 1. The summed E-state index contributed by atoms with van der Waals surface area (Å²) in [6.07, 6.45) is 2.40. The Bertz CT molecular complexity index is 732. The minimum absolute atomic E-state index is 0.0891. The Morgan fingerprint density at radius 1 is 1.32 bits per heavy atom. The predicted molar refractivity (Wildman–Crippen MR) is 98.9 cm³/mol. The maximum absolute atomic E-state index is 12.5. The molecule has 1 aliphatic rings. The highest BCUT2D eigenvalue weighted by molar-refractivity contribution is 7.14. The van der Waals surface area contributed by atoms with Gasteiger partial charge in [-0.25, -0.2) is 4.98 Å². The fourth-order valence-corrected chi connectivity index (χ4v) is 3.62. The van der Waals surface area contributed by atoms with Crippen LogP contribution in [0.2, 0.25) is 0 Å². The lowest BCUT2D eigenvalue weighted by molar-refractivity contribution is -0.131. The van der Waals surface area contributed by atoms with Gasteiger partial charge in [-0.05, 0) is 32.0 Å². The van der Waals surface area contributed by atoms with Gasteiger partial charge in [-0.2, -0.15) is 0 Å². The Balaban J connectivity index is 1.56. The molecule has 1 aromatic carbocycles. The van der Waals surface area contributed by atoms with Gasteiger partial charge >= 0.3 is 0 Å². The maximum atomic E-state index is 12.5. The van der Waals surface area contributed by atoms with Crippen molar-refractivity contribution in [2.24, 2.45) is 0 Å². The molecule has 0 bridgehead atoms. The summed E-state index contributed by atoms with van der Waals surface area (Å²) in [6, 6.07) is 9.37. The van der Waals surface area contributed by atoms with E-state index in [0.29, 0.717) is 22.4 Å². The van der Waals surface area contributed by atoms with Crippen molar-refractivity contribution in [2.75, 3.05) is 25.5 Å². The molecule has 0 spiro atoms. The highest BCUT2D eigenvalue weighted by Gasteiger charge is 2.23. The summed E-state index contributed by atoms with van der Waals surface area (Å²) in [6.45, 7) is 1.55. The van der Waals surface area contributed by atoms with Crippen molar-refractivity contribution >= 4 is 28.3 Å². The summed E-state index contributed by atoms with van der Waals surface area (Å²) >= 11 is 1.34. The first-order chi connectivity index (χ1) is 12.2. The Hall–Kier alpha value is -2.25. The van der Waals surface area contributed by atoms with Crippen molar-refractivity contribution in [3.8, 4) is 0 Å². The number of rotatable bonds is 5. The second kappa shape index (κ2) is 8.22. The van der Waals surface area contributed by atoms with Gasteiger partial charge in [0.15, 0.2) is 5.13 Å². The van der Waals surface area contributed by atoms with Crippen molar-refractivity contribution in [1.82, 2.24) is 15.2 Å². The zero-order valence-corrected chi connectivity index (χ0v) is 15.0. The van der Waals surface area contributed by atoms with Crippen LogP contribution in [0.25, 0.3) is 0 Å². The average molecular weight is 358 g/mol. The third-order valence-corrected chi connectivity index (χ3v) is 5.13. The third kappa shape index (κ3) is 4.64. The van der Waals surface area contributed by atoms with Crippen molar-refractivity contribution in [3.63, 3.8) is 0 Å². The molecule has 2 aromatic rings. The standard InChI is InChI=1S/C18H22N4O2S/c1-19-14-8-5-9-22(11-14)16(23)10-15-12-25-18(20-15)21-17(24)13-6-3-2-4-7-13/h2-4,6-7,12,14,19H,5,8-11H2,1H3,(H,20,21,24). The molecule has 2 heterocycles. The SMILES string of the molecule is CNC1CCCN(C(=O)Cc2csc(NC(=O)c3ccccc3)n2)C1. The predicted octanol–water partition coefficient (Wildman–Crippen LogP) is 2.15. The number of amides is 2.